The van der Waals surface area contributed by atoms with Crippen molar-refractivity contribution in [1.29, 1.82) is 0 Å². The number of fused-ring (bicyclic) bond motifs is 1. The lowest BCUT2D eigenvalue weighted by Gasteiger charge is -2.22. The van der Waals surface area contributed by atoms with Crippen molar-refractivity contribution >= 4 is 22.4 Å². The smallest absolute Gasteiger partial charge is 0.275 e. The van der Waals surface area contributed by atoms with Crippen LogP contribution in [0.5, 0.6) is 0 Å². The van der Waals surface area contributed by atoms with E-state index in [9.17, 15) is 9.59 Å². The van der Waals surface area contributed by atoms with Gasteiger partial charge in [-0.1, -0.05) is 36.4 Å². The first kappa shape index (κ1) is 20.5. The van der Waals surface area contributed by atoms with Gasteiger partial charge < -0.3 is 4.90 Å². The molecule has 0 saturated carbocycles. The maximum atomic E-state index is 13.1. The summed E-state index contributed by atoms with van der Waals surface area (Å²) in [5.74, 6) is -0.176. The average Bonchev–Trinajstić information content (AvgIpc) is 2.78. The summed E-state index contributed by atoms with van der Waals surface area (Å²) in [6.07, 6.45) is 4.03. The molecule has 2 aromatic carbocycles. The van der Waals surface area contributed by atoms with Gasteiger partial charge in [0.1, 0.15) is 6.54 Å². The first-order valence-electron chi connectivity index (χ1n) is 10.3. The van der Waals surface area contributed by atoms with Gasteiger partial charge in [0.15, 0.2) is 0 Å². The number of carbonyl (C=O) groups is 1. The highest BCUT2D eigenvalue weighted by Gasteiger charge is 2.18. The Balaban J connectivity index is 1.72. The number of aryl methyl sites for hydroxylation is 1. The number of likely N-dealkylation sites (N-methyl/N-ethyl adjacent to an activating group) is 1. The molecular weight excluding hydrogens is 388 g/mol. The molecule has 4 aromatic rings. The minimum absolute atomic E-state index is 0.120. The third-order valence-electron chi connectivity index (χ3n) is 5.25. The molecule has 0 aliphatic heterocycles. The second-order valence-electron chi connectivity index (χ2n) is 7.47. The van der Waals surface area contributed by atoms with Gasteiger partial charge in [0, 0.05) is 36.4 Å². The van der Waals surface area contributed by atoms with Crippen molar-refractivity contribution in [3.05, 3.63) is 100 Å². The third-order valence-corrected chi connectivity index (χ3v) is 5.25. The van der Waals surface area contributed by atoms with Gasteiger partial charge in [-0.2, -0.15) is 5.10 Å². The molecule has 0 bridgehead atoms. The minimum Gasteiger partial charge on any atom is -0.311 e. The summed E-state index contributed by atoms with van der Waals surface area (Å²) < 4.78 is 1.29. The van der Waals surface area contributed by atoms with Crippen LogP contribution in [0, 0.1) is 6.92 Å². The molecule has 0 radical (unpaired) electrons. The molecule has 0 spiro atoms. The van der Waals surface area contributed by atoms with E-state index >= 15 is 0 Å². The number of rotatable bonds is 6. The van der Waals surface area contributed by atoms with E-state index in [1.54, 1.807) is 23.4 Å². The summed E-state index contributed by atoms with van der Waals surface area (Å²) in [5.41, 5.74) is 3.36. The Morgan fingerprint density at radius 1 is 1.03 bits per heavy atom. The highest BCUT2D eigenvalue weighted by Crippen LogP contribution is 2.18. The summed E-state index contributed by atoms with van der Waals surface area (Å²) in [5, 5.41) is 5.95. The van der Waals surface area contributed by atoms with Crippen LogP contribution in [0.2, 0.25) is 0 Å². The molecule has 0 atom stereocenters. The first-order valence-corrected chi connectivity index (χ1v) is 10.3. The van der Waals surface area contributed by atoms with Crippen LogP contribution in [0.15, 0.2) is 77.9 Å². The number of hydrogen-bond donors (Lipinski definition) is 0. The van der Waals surface area contributed by atoms with E-state index in [-0.39, 0.29) is 18.0 Å². The zero-order chi connectivity index (χ0) is 21.8. The van der Waals surface area contributed by atoms with Gasteiger partial charge in [-0.25, -0.2) is 4.68 Å². The van der Waals surface area contributed by atoms with Gasteiger partial charge >= 0.3 is 0 Å². The van der Waals surface area contributed by atoms with Crippen LogP contribution in [-0.4, -0.2) is 27.2 Å². The molecular formula is C25H24N4O2. The van der Waals surface area contributed by atoms with Crippen LogP contribution in [0.25, 0.3) is 10.8 Å². The van der Waals surface area contributed by atoms with Gasteiger partial charge in [-0.05, 0) is 49.2 Å². The molecule has 2 heterocycles. The van der Waals surface area contributed by atoms with Crippen molar-refractivity contribution in [3.63, 3.8) is 0 Å². The Hall–Kier alpha value is -3.80. The van der Waals surface area contributed by atoms with Crippen LogP contribution < -0.4 is 10.5 Å². The van der Waals surface area contributed by atoms with Crippen LogP contribution in [0.3, 0.4) is 0 Å². The molecule has 0 N–H and O–H groups in total. The van der Waals surface area contributed by atoms with E-state index in [0.29, 0.717) is 18.4 Å². The summed E-state index contributed by atoms with van der Waals surface area (Å²) in [7, 11) is 0. The number of benzene rings is 2. The normalized spacial score (nSPS) is 10.9. The Kier molecular flexibility index (Phi) is 5.89. The molecule has 6 heteroatoms. The topological polar surface area (TPSA) is 68.1 Å². The van der Waals surface area contributed by atoms with Crippen LogP contribution in [-0.2, 0) is 17.8 Å². The van der Waals surface area contributed by atoms with Crippen LogP contribution in [0.1, 0.15) is 23.7 Å². The van der Waals surface area contributed by atoms with Gasteiger partial charge in [0.05, 0.1) is 11.1 Å². The number of nitrogens with zero attached hydrogens (tertiary/aromatic N) is 4. The highest BCUT2D eigenvalue weighted by molar-refractivity contribution is 5.93. The zero-order valence-electron chi connectivity index (χ0n) is 17.7. The quantitative estimate of drug-likeness (QED) is 0.484. The molecule has 0 unspecified atom stereocenters. The van der Waals surface area contributed by atoms with Gasteiger partial charge in [0.2, 0.25) is 5.91 Å². The molecule has 2 aromatic heterocycles. The molecule has 0 fully saturated rings. The predicted molar refractivity (Wildman–Crippen MR) is 122 cm³/mol. The van der Waals surface area contributed by atoms with Gasteiger partial charge in [-0.15, -0.1) is 0 Å². The second kappa shape index (κ2) is 8.92. The number of pyridine rings is 1. The van der Waals surface area contributed by atoms with E-state index < -0.39 is 0 Å². The largest absolute Gasteiger partial charge is 0.311 e. The fourth-order valence-electron chi connectivity index (χ4n) is 3.75. The van der Waals surface area contributed by atoms with Crippen LogP contribution in [0.4, 0.5) is 5.69 Å². The molecule has 31 heavy (non-hydrogen) atoms. The molecule has 0 aliphatic carbocycles. The lowest BCUT2D eigenvalue weighted by Crippen LogP contribution is -2.37. The fraction of sp³-hybridized carbons (Fsp3) is 0.200. The number of aromatic nitrogens is 3. The highest BCUT2D eigenvalue weighted by atomic mass is 16.2. The van der Waals surface area contributed by atoms with E-state index in [4.69, 9.17) is 0 Å². The molecule has 0 saturated heterocycles. The third kappa shape index (κ3) is 4.38. The van der Waals surface area contributed by atoms with Gasteiger partial charge in [0.25, 0.3) is 5.56 Å². The fourth-order valence-corrected chi connectivity index (χ4v) is 3.75. The average molecular weight is 412 g/mol. The molecule has 156 valence electrons. The minimum atomic E-state index is -0.265. The summed E-state index contributed by atoms with van der Waals surface area (Å²) >= 11 is 0. The van der Waals surface area contributed by atoms with Gasteiger partial charge in [-0.3, -0.25) is 14.6 Å². The van der Waals surface area contributed by atoms with E-state index in [1.165, 1.54) is 4.68 Å². The van der Waals surface area contributed by atoms with Crippen molar-refractivity contribution < 1.29 is 4.79 Å². The standard InChI is InChI=1S/C25H24N4O2/c1-3-28(20-10-6-8-18(2)14-20)24(30)17-29-25(31)22-12-5-4-11-21(22)23(27-29)15-19-9-7-13-26-16-19/h4-14,16H,3,15,17H2,1-2H3. The van der Waals surface area contributed by atoms with Crippen LogP contribution >= 0.6 is 0 Å². The summed E-state index contributed by atoms with van der Waals surface area (Å²) in [6, 6.07) is 19.0. The van der Waals surface area contributed by atoms with Crippen molar-refractivity contribution in [2.45, 2.75) is 26.8 Å². The first-order chi connectivity index (χ1) is 15.1. The number of carbonyl (C=O) groups excluding carboxylic acids is 1. The molecule has 6 nitrogen and oxygen atoms in total. The maximum absolute atomic E-state index is 13.1. The van der Waals surface area contributed by atoms with Crippen molar-refractivity contribution in [3.8, 4) is 0 Å². The van der Waals surface area contributed by atoms with E-state index in [2.05, 4.69) is 10.1 Å². The number of hydrogen-bond acceptors (Lipinski definition) is 4. The van der Waals surface area contributed by atoms with Crippen molar-refractivity contribution in [2.75, 3.05) is 11.4 Å². The SMILES string of the molecule is CCN(C(=O)Cn1nc(Cc2cccnc2)c2ccccc2c1=O)c1cccc(C)c1. The van der Waals surface area contributed by atoms with Crippen molar-refractivity contribution in [2.24, 2.45) is 0 Å². The zero-order valence-corrected chi connectivity index (χ0v) is 17.7. The Morgan fingerprint density at radius 2 is 1.84 bits per heavy atom. The molecule has 0 aliphatic rings. The molecule has 1 amide bonds. The second-order valence-corrected chi connectivity index (χ2v) is 7.47. The Labute approximate surface area is 180 Å². The number of amides is 1. The van der Waals surface area contributed by atoms with E-state index in [1.807, 2.05) is 68.4 Å². The molecule has 4 rings (SSSR count). The monoisotopic (exact) mass is 412 g/mol. The number of anilines is 1. The lowest BCUT2D eigenvalue weighted by atomic mass is 10.1. The summed E-state index contributed by atoms with van der Waals surface area (Å²) in [6.45, 7) is 4.30. The Bertz CT molecular complexity index is 1280. The predicted octanol–water partition coefficient (Wildman–Crippen LogP) is 3.74. The maximum Gasteiger partial charge on any atom is 0.275 e. The van der Waals surface area contributed by atoms with E-state index in [0.717, 1.165) is 27.9 Å². The Morgan fingerprint density at radius 3 is 2.55 bits per heavy atom. The lowest BCUT2D eigenvalue weighted by molar-refractivity contribution is -0.119. The van der Waals surface area contributed by atoms with Crippen molar-refractivity contribution in [1.82, 2.24) is 14.8 Å². The summed E-state index contributed by atoms with van der Waals surface area (Å²) in [4.78, 5) is 32.1.